The quantitative estimate of drug-likeness (QED) is 0.493. The number of aromatic nitrogens is 2. The van der Waals surface area contributed by atoms with Crippen LogP contribution in [0, 0.1) is 19.7 Å². The zero-order chi connectivity index (χ0) is 22.5. The highest BCUT2D eigenvalue weighted by Crippen LogP contribution is 2.21. The van der Waals surface area contributed by atoms with Gasteiger partial charge in [0.1, 0.15) is 5.82 Å². The molecule has 1 unspecified atom stereocenters. The van der Waals surface area contributed by atoms with Crippen molar-refractivity contribution in [2.75, 3.05) is 20.6 Å². The lowest BCUT2D eigenvalue weighted by Crippen LogP contribution is -2.31. The average molecular weight is 487 g/mol. The van der Waals surface area contributed by atoms with E-state index in [2.05, 4.69) is 31.2 Å². The summed E-state index contributed by atoms with van der Waals surface area (Å²) in [6.45, 7) is 5.44. The molecule has 1 heterocycles. The van der Waals surface area contributed by atoms with E-state index in [-0.39, 0.29) is 17.8 Å². The molecule has 5 nitrogen and oxygen atoms in total. The molecule has 0 aliphatic rings. The first-order chi connectivity index (χ1) is 14.7. The van der Waals surface area contributed by atoms with Crippen LogP contribution >= 0.6 is 15.9 Å². The lowest BCUT2D eigenvalue weighted by atomic mass is 10.0. The molecule has 7 heteroatoms. The molecule has 0 saturated heterocycles. The number of halogens is 2. The van der Waals surface area contributed by atoms with Crippen LogP contribution in [0.15, 0.2) is 53.0 Å². The Morgan fingerprint density at radius 3 is 2.32 bits per heavy atom. The molecule has 0 saturated carbocycles. The second-order valence-electron chi connectivity index (χ2n) is 8.01. The van der Waals surface area contributed by atoms with E-state index in [1.807, 2.05) is 56.9 Å². The minimum absolute atomic E-state index is 0.145. The van der Waals surface area contributed by atoms with Crippen LogP contribution in [0.25, 0.3) is 0 Å². The first-order valence-electron chi connectivity index (χ1n) is 10.2. The Hall–Kier alpha value is -2.51. The number of carbonyl (C=O) groups excluding carboxylic acids is 1. The van der Waals surface area contributed by atoms with E-state index in [1.54, 1.807) is 12.1 Å². The summed E-state index contributed by atoms with van der Waals surface area (Å²) in [6.07, 6.45) is 0.731. The van der Waals surface area contributed by atoms with Gasteiger partial charge in [-0.15, -0.1) is 0 Å². The van der Waals surface area contributed by atoms with Crippen LogP contribution in [0.3, 0.4) is 0 Å². The van der Waals surface area contributed by atoms with E-state index in [4.69, 9.17) is 0 Å². The number of hydrogen-bond donors (Lipinski definition) is 1. The zero-order valence-electron chi connectivity index (χ0n) is 18.3. The summed E-state index contributed by atoms with van der Waals surface area (Å²) in [5.41, 5.74) is 4.58. The number of hydrogen-bond acceptors (Lipinski definition) is 3. The largest absolute Gasteiger partial charge is 0.345 e. The Morgan fingerprint density at radius 2 is 1.77 bits per heavy atom. The number of rotatable bonds is 8. The van der Waals surface area contributed by atoms with Crippen molar-refractivity contribution in [3.63, 3.8) is 0 Å². The Kier molecular flexibility index (Phi) is 7.62. The number of benzene rings is 2. The first-order valence-corrected chi connectivity index (χ1v) is 11.0. The fourth-order valence-corrected chi connectivity index (χ4v) is 3.69. The highest BCUT2D eigenvalue weighted by Gasteiger charge is 2.17. The normalized spacial score (nSPS) is 12.2. The molecule has 0 spiro atoms. The maximum atomic E-state index is 13.3. The molecule has 1 atom stereocenters. The summed E-state index contributed by atoms with van der Waals surface area (Å²) in [6, 6.07) is 13.7. The maximum Gasteiger partial charge on any atom is 0.251 e. The molecule has 0 radical (unpaired) electrons. The monoisotopic (exact) mass is 486 g/mol. The van der Waals surface area contributed by atoms with E-state index >= 15 is 0 Å². The van der Waals surface area contributed by atoms with Gasteiger partial charge in [0, 0.05) is 5.56 Å². The molecule has 0 bridgehead atoms. The second-order valence-corrected chi connectivity index (χ2v) is 8.80. The van der Waals surface area contributed by atoms with Crippen LogP contribution < -0.4 is 5.32 Å². The summed E-state index contributed by atoms with van der Waals surface area (Å²) < 4.78 is 16.3. The van der Waals surface area contributed by atoms with Crippen molar-refractivity contribution in [3.05, 3.63) is 86.9 Å². The molecule has 2 aromatic carbocycles. The summed E-state index contributed by atoms with van der Waals surface area (Å²) in [4.78, 5) is 15.0. The second kappa shape index (κ2) is 10.2. The highest BCUT2D eigenvalue weighted by atomic mass is 79.9. The van der Waals surface area contributed by atoms with Crippen LogP contribution in [0.4, 0.5) is 4.39 Å². The van der Waals surface area contributed by atoms with Crippen molar-refractivity contribution in [3.8, 4) is 0 Å². The smallest absolute Gasteiger partial charge is 0.251 e. The first kappa shape index (κ1) is 23.2. The van der Waals surface area contributed by atoms with Gasteiger partial charge in [0.25, 0.3) is 5.91 Å². The predicted octanol–water partition coefficient (Wildman–Crippen LogP) is 4.87. The van der Waals surface area contributed by atoms with Crippen LogP contribution in [0.1, 0.15) is 45.3 Å². The number of aryl methyl sites for hydroxylation is 1. The van der Waals surface area contributed by atoms with E-state index < -0.39 is 0 Å². The Bertz CT molecular complexity index is 1030. The Morgan fingerprint density at radius 1 is 1.13 bits per heavy atom. The van der Waals surface area contributed by atoms with Gasteiger partial charge < -0.3 is 10.2 Å². The molecule has 31 heavy (non-hydrogen) atoms. The molecule has 3 rings (SSSR count). The van der Waals surface area contributed by atoms with E-state index in [0.29, 0.717) is 12.1 Å². The molecular weight excluding hydrogens is 459 g/mol. The molecule has 1 N–H and O–H groups in total. The molecule has 0 fully saturated rings. The Balaban J connectivity index is 1.71. The van der Waals surface area contributed by atoms with E-state index in [1.165, 1.54) is 12.1 Å². The molecule has 0 aliphatic carbocycles. The van der Waals surface area contributed by atoms with Crippen molar-refractivity contribution in [2.24, 2.45) is 0 Å². The van der Waals surface area contributed by atoms with Crippen molar-refractivity contribution in [2.45, 2.75) is 32.9 Å². The van der Waals surface area contributed by atoms with Gasteiger partial charge in [-0.2, -0.15) is 5.10 Å². The fourth-order valence-electron chi connectivity index (χ4n) is 3.41. The van der Waals surface area contributed by atoms with Crippen LogP contribution in [0.5, 0.6) is 0 Å². The zero-order valence-corrected chi connectivity index (χ0v) is 19.9. The van der Waals surface area contributed by atoms with Gasteiger partial charge in [-0.1, -0.05) is 24.3 Å². The van der Waals surface area contributed by atoms with E-state index in [0.717, 1.165) is 40.0 Å². The maximum absolute atomic E-state index is 13.3. The van der Waals surface area contributed by atoms with Gasteiger partial charge in [0.05, 0.1) is 28.4 Å². The van der Waals surface area contributed by atoms with Gasteiger partial charge in [-0.05, 0) is 92.2 Å². The van der Waals surface area contributed by atoms with Gasteiger partial charge in [0.2, 0.25) is 0 Å². The molecule has 1 aromatic heterocycles. The SMILES string of the molecule is Cc1nn(Cc2ccc(C(=O)NC(CCN(C)C)c3ccc(F)cc3)cc2)c(C)c1Br. The van der Waals surface area contributed by atoms with Gasteiger partial charge in [-0.25, -0.2) is 4.39 Å². The third kappa shape index (κ3) is 6.02. The third-order valence-electron chi connectivity index (χ3n) is 5.28. The predicted molar refractivity (Wildman–Crippen MR) is 125 cm³/mol. The Labute approximate surface area is 191 Å². The summed E-state index contributed by atoms with van der Waals surface area (Å²) in [5.74, 6) is -0.430. The summed E-state index contributed by atoms with van der Waals surface area (Å²) in [7, 11) is 3.98. The lowest BCUT2D eigenvalue weighted by molar-refractivity contribution is 0.0932. The molecule has 3 aromatic rings. The minimum atomic E-state index is -0.285. The molecule has 0 aliphatic heterocycles. The molecule has 164 valence electrons. The van der Waals surface area contributed by atoms with Crippen molar-refractivity contribution in [1.82, 2.24) is 20.0 Å². The van der Waals surface area contributed by atoms with Crippen molar-refractivity contribution >= 4 is 21.8 Å². The lowest BCUT2D eigenvalue weighted by Gasteiger charge is -2.21. The third-order valence-corrected chi connectivity index (χ3v) is 6.43. The summed E-state index contributed by atoms with van der Waals surface area (Å²) >= 11 is 3.55. The number of carbonyl (C=O) groups is 1. The topological polar surface area (TPSA) is 50.2 Å². The van der Waals surface area contributed by atoms with Gasteiger partial charge >= 0.3 is 0 Å². The van der Waals surface area contributed by atoms with Crippen LogP contribution in [-0.2, 0) is 6.54 Å². The summed E-state index contributed by atoms with van der Waals surface area (Å²) in [5, 5.41) is 7.64. The highest BCUT2D eigenvalue weighted by molar-refractivity contribution is 9.10. The van der Waals surface area contributed by atoms with Gasteiger partial charge in [-0.3, -0.25) is 9.48 Å². The number of nitrogens with zero attached hydrogens (tertiary/aromatic N) is 3. The van der Waals surface area contributed by atoms with E-state index in [9.17, 15) is 9.18 Å². The van der Waals surface area contributed by atoms with Crippen molar-refractivity contribution < 1.29 is 9.18 Å². The van der Waals surface area contributed by atoms with Gasteiger partial charge in [0.15, 0.2) is 0 Å². The van der Waals surface area contributed by atoms with Crippen LogP contribution in [0.2, 0.25) is 0 Å². The molecule has 1 amide bonds. The fraction of sp³-hybridized carbons (Fsp3) is 0.333. The average Bonchev–Trinajstić information content (AvgIpc) is 2.98. The van der Waals surface area contributed by atoms with Crippen molar-refractivity contribution in [1.29, 1.82) is 0 Å². The van der Waals surface area contributed by atoms with Crippen LogP contribution in [-0.4, -0.2) is 41.2 Å². The number of nitrogens with one attached hydrogen (secondary N) is 1. The number of amides is 1. The molecular formula is C24H28BrFN4O. The minimum Gasteiger partial charge on any atom is -0.345 e. The standard InChI is InChI=1S/C24H28BrFN4O/c1-16-23(25)17(2)30(28-16)15-18-5-7-20(8-6-18)24(31)27-22(13-14-29(3)4)19-9-11-21(26)12-10-19/h5-12,22H,13-15H2,1-4H3,(H,27,31).